The van der Waals surface area contributed by atoms with E-state index in [4.69, 9.17) is 27.9 Å². The van der Waals surface area contributed by atoms with Gasteiger partial charge in [0.1, 0.15) is 6.61 Å². The Morgan fingerprint density at radius 3 is 2.47 bits per heavy atom. The number of benzene rings is 1. The summed E-state index contributed by atoms with van der Waals surface area (Å²) in [5, 5.41) is 1.04. The molecule has 5 rings (SSSR count). The minimum atomic E-state index is -0.324. The summed E-state index contributed by atoms with van der Waals surface area (Å²) in [6.45, 7) is 2.96. The van der Waals surface area contributed by atoms with E-state index < -0.39 is 0 Å². The number of fused-ring (bicyclic) bond motifs is 2. The molecular formula is C22H29Cl2N5O3. The van der Waals surface area contributed by atoms with Gasteiger partial charge in [-0.15, -0.1) is 0 Å². The minimum absolute atomic E-state index is 0.0798. The van der Waals surface area contributed by atoms with Crippen molar-refractivity contribution in [3.05, 3.63) is 33.8 Å². The van der Waals surface area contributed by atoms with Gasteiger partial charge in [0.25, 0.3) is 0 Å². The molecule has 1 saturated carbocycles. The number of piperidine rings is 1. The van der Waals surface area contributed by atoms with Crippen molar-refractivity contribution in [1.82, 2.24) is 26.2 Å². The number of ether oxygens (including phenoxy) is 1. The second kappa shape index (κ2) is 9.35. The molecule has 0 spiro atoms. The summed E-state index contributed by atoms with van der Waals surface area (Å²) in [5.41, 5.74) is 10.2. The lowest BCUT2D eigenvalue weighted by molar-refractivity contribution is -0.136. The number of hydrazine groups is 2. The smallest absolute Gasteiger partial charge is 0.410 e. The van der Waals surface area contributed by atoms with Gasteiger partial charge in [-0.2, -0.15) is 5.53 Å². The molecule has 1 aromatic carbocycles. The molecule has 174 valence electrons. The highest BCUT2D eigenvalue weighted by Crippen LogP contribution is 2.35. The molecule has 0 radical (unpaired) electrons. The van der Waals surface area contributed by atoms with Gasteiger partial charge in [-0.05, 0) is 61.3 Å². The van der Waals surface area contributed by atoms with E-state index in [1.807, 2.05) is 4.90 Å². The largest absolute Gasteiger partial charge is 0.445 e. The normalized spacial score (nSPS) is 31.9. The van der Waals surface area contributed by atoms with Crippen molar-refractivity contribution in [2.45, 2.75) is 44.4 Å². The molecule has 2 amide bonds. The van der Waals surface area contributed by atoms with Crippen LogP contribution in [0.4, 0.5) is 4.79 Å². The number of nitrogens with one attached hydrogen (secondary N) is 3. The first-order chi connectivity index (χ1) is 15.5. The fourth-order valence-electron chi connectivity index (χ4n) is 5.66. The number of carbonyl (C=O) groups is 2. The summed E-state index contributed by atoms with van der Waals surface area (Å²) in [6, 6.07) is 5.85. The molecule has 1 aromatic rings. The summed E-state index contributed by atoms with van der Waals surface area (Å²) in [5.74, 6) is 1.12. The topological polar surface area (TPSA) is 85.9 Å². The number of hydrogen-bond donors (Lipinski definition) is 3. The van der Waals surface area contributed by atoms with Crippen LogP contribution in [0.2, 0.25) is 10.0 Å². The van der Waals surface area contributed by atoms with E-state index in [-0.39, 0.29) is 24.5 Å². The standard InChI is InChI=1S/C22H29Cl2N5O3/c23-17-5-13(6-18(24)8-17)12-32-22(31)28-4-3-15-9-29(11-16(15)10-28)21(30)14-1-2-19-20(7-14)26-27-25-19/h5-6,8,14-16,19-20,25-27H,1-4,7,9-12H2/t14?,15-,16-,19?,20?/m1/s1. The maximum absolute atomic E-state index is 13.2. The number of likely N-dealkylation sites (tertiary alicyclic amines) is 2. The quantitative estimate of drug-likeness (QED) is 0.614. The Labute approximate surface area is 197 Å². The van der Waals surface area contributed by atoms with Crippen LogP contribution < -0.4 is 16.4 Å². The van der Waals surface area contributed by atoms with Crippen molar-refractivity contribution < 1.29 is 14.3 Å². The van der Waals surface area contributed by atoms with Gasteiger partial charge >= 0.3 is 6.09 Å². The van der Waals surface area contributed by atoms with Crippen LogP contribution in [0, 0.1) is 17.8 Å². The zero-order chi connectivity index (χ0) is 22.2. The van der Waals surface area contributed by atoms with E-state index in [0.717, 1.165) is 44.3 Å². The molecule has 3 heterocycles. The van der Waals surface area contributed by atoms with Crippen molar-refractivity contribution in [1.29, 1.82) is 0 Å². The van der Waals surface area contributed by atoms with Gasteiger partial charge in [0.15, 0.2) is 0 Å². The van der Waals surface area contributed by atoms with Crippen LogP contribution in [0.15, 0.2) is 18.2 Å². The van der Waals surface area contributed by atoms with Gasteiger partial charge in [-0.25, -0.2) is 15.6 Å². The third kappa shape index (κ3) is 4.70. The van der Waals surface area contributed by atoms with Crippen molar-refractivity contribution in [3.63, 3.8) is 0 Å². The lowest BCUT2D eigenvalue weighted by Gasteiger charge is -2.33. The lowest BCUT2D eigenvalue weighted by atomic mass is 9.82. The van der Waals surface area contributed by atoms with Crippen LogP contribution >= 0.6 is 23.2 Å². The number of carbonyl (C=O) groups excluding carboxylic acids is 2. The highest BCUT2D eigenvalue weighted by Gasteiger charge is 2.43. The van der Waals surface area contributed by atoms with Crippen LogP contribution in [0.3, 0.4) is 0 Å². The molecule has 4 aliphatic rings. The highest BCUT2D eigenvalue weighted by molar-refractivity contribution is 6.34. The van der Waals surface area contributed by atoms with E-state index in [2.05, 4.69) is 16.4 Å². The van der Waals surface area contributed by atoms with Gasteiger partial charge < -0.3 is 14.5 Å². The number of rotatable bonds is 3. The molecule has 3 aliphatic heterocycles. The third-order valence-electron chi connectivity index (χ3n) is 7.37. The first kappa shape index (κ1) is 22.2. The minimum Gasteiger partial charge on any atom is -0.445 e. The lowest BCUT2D eigenvalue weighted by Crippen LogP contribution is -2.45. The first-order valence-electron chi connectivity index (χ1n) is 11.4. The summed E-state index contributed by atoms with van der Waals surface area (Å²) >= 11 is 12.0. The van der Waals surface area contributed by atoms with Crippen LogP contribution in [0.5, 0.6) is 0 Å². The number of hydrogen-bond acceptors (Lipinski definition) is 6. The molecule has 8 nitrogen and oxygen atoms in total. The molecule has 3 N–H and O–H groups in total. The van der Waals surface area contributed by atoms with Gasteiger partial charge in [-0.3, -0.25) is 4.79 Å². The van der Waals surface area contributed by atoms with Crippen LogP contribution in [0.1, 0.15) is 31.2 Å². The summed E-state index contributed by atoms with van der Waals surface area (Å²) < 4.78 is 5.51. The molecule has 3 unspecified atom stereocenters. The summed E-state index contributed by atoms with van der Waals surface area (Å²) in [6.07, 6.45) is 3.36. The Hall–Kier alpha value is -1.58. The molecule has 10 heteroatoms. The predicted molar refractivity (Wildman–Crippen MR) is 121 cm³/mol. The molecule has 0 bridgehead atoms. The van der Waals surface area contributed by atoms with Crippen LogP contribution in [-0.4, -0.2) is 60.1 Å². The second-order valence-corrected chi connectivity index (χ2v) is 10.3. The molecular weight excluding hydrogens is 453 g/mol. The zero-order valence-electron chi connectivity index (χ0n) is 17.9. The van der Waals surface area contributed by atoms with Gasteiger partial charge in [0, 0.05) is 54.2 Å². The maximum Gasteiger partial charge on any atom is 0.410 e. The van der Waals surface area contributed by atoms with E-state index in [1.165, 1.54) is 0 Å². The fourth-order valence-corrected chi connectivity index (χ4v) is 6.23. The SMILES string of the molecule is O=C(OCc1cc(Cl)cc(Cl)c1)N1CC[C@@H]2CN(C(=O)C3CCC4NNNC4C3)C[C@H]2C1. The van der Waals surface area contributed by atoms with E-state index in [0.29, 0.717) is 47.1 Å². The summed E-state index contributed by atoms with van der Waals surface area (Å²) in [7, 11) is 0. The van der Waals surface area contributed by atoms with E-state index in [9.17, 15) is 9.59 Å². The monoisotopic (exact) mass is 481 g/mol. The average Bonchev–Trinajstić information content (AvgIpc) is 3.42. The van der Waals surface area contributed by atoms with Crippen molar-refractivity contribution in [2.75, 3.05) is 26.2 Å². The summed E-state index contributed by atoms with van der Waals surface area (Å²) in [4.78, 5) is 29.6. The van der Waals surface area contributed by atoms with E-state index in [1.54, 1.807) is 23.1 Å². The highest BCUT2D eigenvalue weighted by atomic mass is 35.5. The maximum atomic E-state index is 13.2. The molecule has 32 heavy (non-hydrogen) atoms. The van der Waals surface area contributed by atoms with Gasteiger partial charge in [-0.1, -0.05) is 23.2 Å². The van der Waals surface area contributed by atoms with Gasteiger partial charge in [0.05, 0.1) is 0 Å². The Bertz CT molecular complexity index is 867. The van der Waals surface area contributed by atoms with Crippen molar-refractivity contribution >= 4 is 35.2 Å². The molecule has 4 fully saturated rings. The number of amides is 2. The van der Waals surface area contributed by atoms with Crippen LogP contribution in [0.25, 0.3) is 0 Å². The van der Waals surface area contributed by atoms with Crippen LogP contribution in [-0.2, 0) is 16.1 Å². The van der Waals surface area contributed by atoms with Gasteiger partial charge in [0.2, 0.25) is 5.91 Å². The fraction of sp³-hybridized carbons (Fsp3) is 0.636. The molecule has 5 atom stereocenters. The predicted octanol–water partition coefficient (Wildman–Crippen LogP) is 2.56. The Kier molecular flexibility index (Phi) is 6.49. The Morgan fingerprint density at radius 1 is 0.938 bits per heavy atom. The Morgan fingerprint density at radius 2 is 1.66 bits per heavy atom. The van der Waals surface area contributed by atoms with E-state index >= 15 is 0 Å². The molecule has 1 aliphatic carbocycles. The number of halogens is 2. The second-order valence-electron chi connectivity index (χ2n) is 9.47. The molecule has 0 aromatic heterocycles. The van der Waals surface area contributed by atoms with Crippen molar-refractivity contribution in [3.8, 4) is 0 Å². The Balaban J connectivity index is 1.12. The van der Waals surface area contributed by atoms with Crippen molar-refractivity contribution in [2.24, 2.45) is 17.8 Å². The molecule has 3 saturated heterocycles. The zero-order valence-corrected chi connectivity index (χ0v) is 19.4. The number of nitrogens with zero attached hydrogens (tertiary/aromatic N) is 2. The third-order valence-corrected chi connectivity index (χ3v) is 7.81. The average molecular weight is 482 g/mol. The first-order valence-corrected chi connectivity index (χ1v) is 12.1.